The molecule has 0 radical (unpaired) electrons. The minimum Gasteiger partial charge on any atom is -0.369 e. The maximum Gasteiger partial charge on any atom is 0.231 e. The Labute approximate surface area is 162 Å². The van der Waals surface area contributed by atoms with E-state index in [0.29, 0.717) is 12.5 Å². The van der Waals surface area contributed by atoms with Gasteiger partial charge in [0.15, 0.2) is 0 Å². The molecule has 2 heterocycles. The van der Waals surface area contributed by atoms with Crippen molar-refractivity contribution in [2.75, 3.05) is 39.3 Å². The molecule has 2 atom stereocenters. The first-order chi connectivity index (χ1) is 13.1. The van der Waals surface area contributed by atoms with E-state index in [2.05, 4.69) is 40.5 Å². The Bertz CT molecular complexity index is 622. The number of nitrogens with two attached hydrogens (primary N) is 1. The van der Waals surface area contributed by atoms with E-state index in [0.717, 1.165) is 52.0 Å². The van der Waals surface area contributed by atoms with Gasteiger partial charge in [0.1, 0.15) is 0 Å². The van der Waals surface area contributed by atoms with Gasteiger partial charge in [0.2, 0.25) is 11.8 Å². The molecule has 2 amide bonds. The zero-order valence-electron chi connectivity index (χ0n) is 16.1. The van der Waals surface area contributed by atoms with Crippen molar-refractivity contribution in [3.8, 4) is 0 Å². The quantitative estimate of drug-likeness (QED) is 0.719. The van der Waals surface area contributed by atoms with Gasteiger partial charge in [0.05, 0.1) is 12.5 Å². The third-order valence-corrected chi connectivity index (χ3v) is 5.73. The molecular weight excluding hydrogens is 340 g/mol. The van der Waals surface area contributed by atoms with Crippen LogP contribution in [0.2, 0.25) is 0 Å². The van der Waals surface area contributed by atoms with Gasteiger partial charge in [-0.15, -0.1) is 0 Å². The summed E-state index contributed by atoms with van der Waals surface area (Å²) in [7, 11) is 0. The summed E-state index contributed by atoms with van der Waals surface area (Å²) >= 11 is 0. The smallest absolute Gasteiger partial charge is 0.231 e. The Balaban J connectivity index is 1.34. The number of primary amides is 1. The fraction of sp³-hybridized carbons (Fsp3) is 0.619. The second-order valence-corrected chi connectivity index (χ2v) is 8.00. The number of piperidine rings is 1. The monoisotopic (exact) mass is 372 g/mol. The van der Waals surface area contributed by atoms with Gasteiger partial charge in [-0.2, -0.15) is 0 Å². The molecule has 6 nitrogen and oxygen atoms in total. The van der Waals surface area contributed by atoms with Crippen molar-refractivity contribution in [2.45, 2.75) is 32.2 Å². The van der Waals surface area contributed by atoms with E-state index in [4.69, 9.17) is 5.73 Å². The van der Waals surface area contributed by atoms with Crippen molar-refractivity contribution in [3.63, 3.8) is 0 Å². The van der Waals surface area contributed by atoms with Gasteiger partial charge in [-0.1, -0.05) is 30.3 Å². The summed E-state index contributed by atoms with van der Waals surface area (Å²) in [5, 5.41) is 3.12. The molecule has 6 heteroatoms. The molecule has 0 bridgehead atoms. The molecule has 1 aromatic carbocycles. The van der Waals surface area contributed by atoms with E-state index < -0.39 is 0 Å². The van der Waals surface area contributed by atoms with Crippen LogP contribution in [-0.2, 0) is 16.1 Å². The van der Waals surface area contributed by atoms with Gasteiger partial charge < -0.3 is 11.1 Å². The number of amides is 2. The summed E-state index contributed by atoms with van der Waals surface area (Å²) in [4.78, 5) is 28.0. The average molecular weight is 373 g/mol. The number of hydrogen-bond donors (Lipinski definition) is 2. The van der Waals surface area contributed by atoms with Crippen molar-refractivity contribution in [1.29, 1.82) is 0 Å². The molecule has 1 aromatic rings. The maximum atomic E-state index is 12.4. The van der Waals surface area contributed by atoms with Gasteiger partial charge in [0.25, 0.3) is 0 Å². The number of nitrogens with one attached hydrogen (secondary N) is 1. The molecule has 2 saturated heterocycles. The molecule has 0 aliphatic carbocycles. The molecule has 3 rings (SSSR count). The maximum absolute atomic E-state index is 12.4. The molecule has 0 spiro atoms. The predicted molar refractivity (Wildman–Crippen MR) is 106 cm³/mol. The summed E-state index contributed by atoms with van der Waals surface area (Å²) in [6, 6.07) is 10.6. The standard InChI is InChI=1S/C21H32N4O2/c22-20(26)16-24-11-4-7-19(15-24)21(27)23-10-8-18-9-12-25(14-18)13-17-5-2-1-3-6-17/h1-3,5-6,18-19H,4,7-16H2,(H2,22,26)(H,23,27). The van der Waals surface area contributed by atoms with E-state index in [-0.39, 0.29) is 24.3 Å². The lowest BCUT2D eigenvalue weighted by atomic mass is 9.97. The van der Waals surface area contributed by atoms with Crippen LogP contribution in [0.1, 0.15) is 31.2 Å². The number of rotatable bonds is 8. The Morgan fingerprint density at radius 3 is 2.67 bits per heavy atom. The van der Waals surface area contributed by atoms with E-state index >= 15 is 0 Å². The number of benzene rings is 1. The molecule has 2 aliphatic heterocycles. The fourth-order valence-corrected chi connectivity index (χ4v) is 4.31. The molecule has 0 saturated carbocycles. The van der Waals surface area contributed by atoms with Crippen molar-refractivity contribution in [3.05, 3.63) is 35.9 Å². The van der Waals surface area contributed by atoms with Gasteiger partial charge in [-0.25, -0.2) is 0 Å². The summed E-state index contributed by atoms with van der Waals surface area (Å²) < 4.78 is 0. The van der Waals surface area contributed by atoms with E-state index in [9.17, 15) is 9.59 Å². The molecule has 2 fully saturated rings. The summed E-state index contributed by atoms with van der Waals surface area (Å²) in [5.41, 5.74) is 6.63. The molecule has 0 aromatic heterocycles. The second-order valence-electron chi connectivity index (χ2n) is 8.00. The summed E-state index contributed by atoms with van der Waals surface area (Å²) in [6.45, 7) is 5.76. The molecule has 2 unspecified atom stereocenters. The van der Waals surface area contributed by atoms with Crippen LogP contribution in [0.3, 0.4) is 0 Å². The molecule has 27 heavy (non-hydrogen) atoms. The van der Waals surface area contributed by atoms with Crippen LogP contribution in [0.4, 0.5) is 0 Å². The largest absolute Gasteiger partial charge is 0.369 e. The number of hydrogen-bond acceptors (Lipinski definition) is 4. The van der Waals surface area contributed by atoms with E-state index in [1.807, 2.05) is 4.90 Å². The first-order valence-electron chi connectivity index (χ1n) is 10.1. The minimum atomic E-state index is -0.322. The average Bonchev–Trinajstić information content (AvgIpc) is 3.09. The van der Waals surface area contributed by atoms with Crippen LogP contribution in [0.25, 0.3) is 0 Å². The molecule has 148 valence electrons. The zero-order valence-corrected chi connectivity index (χ0v) is 16.1. The van der Waals surface area contributed by atoms with Crippen molar-refractivity contribution in [2.24, 2.45) is 17.6 Å². The van der Waals surface area contributed by atoms with Gasteiger partial charge >= 0.3 is 0 Å². The lowest BCUT2D eigenvalue weighted by Gasteiger charge is -2.31. The van der Waals surface area contributed by atoms with Crippen molar-refractivity contribution in [1.82, 2.24) is 15.1 Å². The third-order valence-electron chi connectivity index (χ3n) is 5.73. The van der Waals surface area contributed by atoms with Gasteiger partial charge in [0, 0.05) is 26.2 Å². The lowest BCUT2D eigenvalue weighted by Crippen LogP contribution is -2.46. The zero-order chi connectivity index (χ0) is 19.1. The van der Waals surface area contributed by atoms with Crippen LogP contribution in [0.5, 0.6) is 0 Å². The lowest BCUT2D eigenvalue weighted by molar-refractivity contribution is -0.128. The highest BCUT2D eigenvalue weighted by Crippen LogP contribution is 2.21. The van der Waals surface area contributed by atoms with E-state index in [1.165, 1.54) is 12.0 Å². The predicted octanol–water partition coefficient (Wildman–Crippen LogP) is 1.21. The second kappa shape index (κ2) is 9.85. The Hall–Kier alpha value is -1.92. The van der Waals surface area contributed by atoms with Crippen molar-refractivity contribution >= 4 is 11.8 Å². The van der Waals surface area contributed by atoms with Crippen LogP contribution < -0.4 is 11.1 Å². The van der Waals surface area contributed by atoms with Crippen LogP contribution in [0, 0.1) is 11.8 Å². The normalized spacial score (nSPS) is 24.0. The van der Waals surface area contributed by atoms with Gasteiger partial charge in [-0.3, -0.25) is 19.4 Å². The van der Waals surface area contributed by atoms with E-state index in [1.54, 1.807) is 0 Å². The van der Waals surface area contributed by atoms with Crippen LogP contribution >= 0.6 is 0 Å². The first-order valence-corrected chi connectivity index (χ1v) is 10.1. The summed E-state index contributed by atoms with van der Waals surface area (Å²) in [5.74, 6) is 0.448. The minimum absolute atomic E-state index is 0.0174. The highest BCUT2D eigenvalue weighted by atomic mass is 16.2. The molecule has 3 N–H and O–H groups in total. The number of carbonyl (C=O) groups is 2. The third kappa shape index (κ3) is 6.33. The van der Waals surface area contributed by atoms with Crippen LogP contribution in [-0.4, -0.2) is 60.9 Å². The SMILES string of the molecule is NC(=O)CN1CCCC(C(=O)NCCC2CCN(Cc3ccccc3)C2)C1. The Morgan fingerprint density at radius 2 is 1.89 bits per heavy atom. The fourth-order valence-electron chi connectivity index (χ4n) is 4.31. The topological polar surface area (TPSA) is 78.7 Å². The molecule has 2 aliphatic rings. The number of nitrogens with zero attached hydrogens (tertiary/aromatic N) is 2. The van der Waals surface area contributed by atoms with Gasteiger partial charge in [-0.05, 0) is 50.3 Å². The Morgan fingerprint density at radius 1 is 1.07 bits per heavy atom. The Kier molecular flexibility index (Phi) is 7.24. The van der Waals surface area contributed by atoms with Crippen LogP contribution in [0.15, 0.2) is 30.3 Å². The first kappa shape index (κ1) is 19.8. The molecular formula is C21H32N4O2. The number of likely N-dealkylation sites (tertiary alicyclic amines) is 2. The highest BCUT2D eigenvalue weighted by molar-refractivity contribution is 5.79. The number of carbonyl (C=O) groups excluding carboxylic acids is 2. The summed E-state index contributed by atoms with van der Waals surface area (Å²) in [6.07, 6.45) is 4.09. The van der Waals surface area contributed by atoms with Crippen molar-refractivity contribution < 1.29 is 9.59 Å². The highest BCUT2D eigenvalue weighted by Gasteiger charge is 2.27.